The molecular weight excluding hydrogens is 396 g/mol. The van der Waals surface area contributed by atoms with E-state index < -0.39 is 15.9 Å². The second-order valence-corrected chi connectivity index (χ2v) is 8.45. The zero-order valence-electron chi connectivity index (χ0n) is 16.6. The molecule has 9 heteroatoms. The first-order valence-corrected chi connectivity index (χ1v) is 10.5. The van der Waals surface area contributed by atoms with Crippen molar-refractivity contribution in [1.29, 1.82) is 0 Å². The fraction of sp³-hybridized carbons (Fsp3) is 0.350. The molecule has 0 aromatic heterocycles. The molecule has 0 unspecified atom stereocenters. The molecule has 29 heavy (non-hydrogen) atoms. The van der Waals surface area contributed by atoms with Crippen molar-refractivity contribution in [2.24, 2.45) is 0 Å². The number of sulfonamides is 1. The van der Waals surface area contributed by atoms with E-state index in [-0.39, 0.29) is 10.5 Å². The minimum Gasteiger partial charge on any atom is -0.497 e. The van der Waals surface area contributed by atoms with Crippen LogP contribution >= 0.6 is 0 Å². The van der Waals surface area contributed by atoms with Gasteiger partial charge in [-0.25, -0.2) is 8.42 Å². The lowest BCUT2D eigenvalue weighted by Gasteiger charge is -2.26. The minimum absolute atomic E-state index is 0.123. The van der Waals surface area contributed by atoms with Gasteiger partial charge in [0.15, 0.2) is 0 Å². The van der Waals surface area contributed by atoms with E-state index in [1.54, 1.807) is 37.3 Å². The molecule has 1 aliphatic rings. The number of aryl methyl sites for hydroxylation is 1. The monoisotopic (exact) mass is 420 g/mol. The van der Waals surface area contributed by atoms with Crippen molar-refractivity contribution in [2.45, 2.75) is 11.8 Å². The Kier molecular flexibility index (Phi) is 6.41. The van der Waals surface area contributed by atoms with Gasteiger partial charge in [0.2, 0.25) is 10.0 Å². The van der Waals surface area contributed by atoms with Crippen LogP contribution in [-0.2, 0) is 14.8 Å². The van der Waals surface area contributed by atoms with Gasteiger partial charge in [-0.1, -0.05) is 6.07 Å². The number of ether oxygens (including phenoxy) is 3. The summed E-state index contributed by atoms with van der Waals surface area (Å²) < 4.78 is 42.9. The average Bonchev–Trinajstić information content (AvgIpc) is 2.75. The van der Waals surface area contributed by atoms with Crippen LogP contribution in [0, 0.1) is 6.92 Å². The Bertz CT molecular complexity index is 1000. The molecule has 2 aromatic rings. The zero-order valence-corrected chi connectivity index (χ0v) is 17.4. The first-order chi connectivity index (χ1) is 13.9. The highest BCUT2D eigenvalue weighted by atomic mass is 32.2. The molecule has 0 spiro atoms. The highest BCUT2D eigenvalue weighted by molar-refractivity contribution is 7.89. The Hall–Kier alpha value is -2.62. The van der Waals surface area contributed by atoms with E-state index >= 15 is 0 Å². The maximum absolute atomic E-state index is 12.9. The van der Waals surface area contributed by atoms with Gasteiger partial charge < -0.3 is 19.5 Å². The summed E-state index contributed by atoms with van der Waals surface area (Å²) in [5.74, 6) is 0.471. The van der Waals surface area contributed by atoms with E-state index in [0.717, 1.165) is 5.56 Å². The quantitative estimate of drug-likeness (QED) is 0.771. The van der Waals surface area contributed by atoms with Crippen LogP contribution in [0.1, 0.15) is 15.9 Å². The van der Waals surface area contributed by atoms with Gasteiger partial charge in [0.1, 0.15) is 11.5 Å². The van der Waals surface area contributed by atoms with Gasteiger partial charge >= 0.3 is 0 Å². The number of carbonyl (C=O) groups excluding carboxylic acids is 1. The maximum atomic E-state index is 12.9. The van der Waals surface area contributed by atoms with Gasteiger partial charge in [-0.05, 0) is 42.8 Å². The van der Waals surface area contributed by atoms with E-state index in [0.29, 0.717) is 43.5 Å². The summed E-state index contributed by atoms with van der Waals surface area (Å²) in [6.45, 7) is 3.13. The molecule has 156 valence electrons. The number of carbonyl (C=O) groups is 1. The van der Waals surface area contributed by atoms with Gasteiger partial charge in [-0.2, -0.15) is 4.31 Å². The van der Waals surface area contributed by atoms with Gasteiger partial charge in [0.05, 0.1) is 37.9 Å². The highest BCUT2D eigenvalue weighted by Crippen LogP contribution is 2.27. The Balaban J connectivity index is 1.90. The molecule has 1 amide bonds. The van der Waals surface area contributed by atoms with E-state index in [1.807, 2.05) is 0 Å². The topological polar surface area (TPSA) is 94.2 Å². The number of rotatable bonds is 6. The van der Waals surface area contributed by atoms with Gasteiger partial charge in [-0.3, -0.25) is 4.79 Å². The van der Waals surface area contributed by atoms with Crippen LogP contribution in [-0.4, -0.2) is 59.2 Å². The Morgan fingerprint density at radius 3 is 2.45 bits per heavy atom. The van der Waals surface area contributed by atoms with Crippen LogP contribution in [0.4, 0.5) is 5.69 Å². The lowest BCUT2D eigenvalue weighted by Crippen LogP contribution is -2.40. The smallest absolute Gasteiger partial charge is 0.259 e. The summed E-state index contributed by atoms with van der Waals surface area (Å²) in [4.78, 5) is 13.0. The second kappa shape index (κ2) is 8.81. The van der Waals surface area contributed by atoms with Crippen LogP contribution in [0.25, 0.3) is 0 Å². The number of morpholine rings is 1. The summed E-state index contributed by atoms with van der Waals surface area (Å²) in [7, 11) is -0.689. The number of hydrogen-bond acceptors (Lipinski definition) is 6. The van der Waals surface area contributed by atoms with E-state index in [9.17, 15) is 13.2 Å². The molecule has 0 aliphatic carbocycles. The summed E-state index contributed by atoms with van der Waals surface area (Å²) in [5, 5.41) is 2.79. The molecule has 8 nitrogen and oxygen atoms in total. The Morgan fingerprint density at radius 1 is 1.07 bits per heavy atom. The second-order valence-electron chi connectivity index (χ2n) is 6.51. The lowest BCUT2D eigenvalue weighted by molar-refractivity contribution is 0.0730. The molecule has 0 bridgehead atoms. The first-order valence-electron chi connectivity index (χ1n) is 9.08. The molecule has 0 radical (unpaired) electrons. The van der Waals surface area contributed by atoms with Crippen LogP contribution in [0.15, 0.2) is 41.3 Å². The summed E-state index contributed by atoms with van der Waals surface area (Å²) >= 11 is 0. The molecule has 1 heterocycles. The van der Waals surface area contributed by atoms with Crippen molar-refractivity contribution in [3.63, 3.8) is 0 Å². The third kappa shape index (κ3) is 4.52. The van der Waals surface area contributed by atoms with E-state index in [4.69, 9.17) is 14.2 Å². The highest BCUT2D eigenvalue weighted by Gasteiger charge is 2.27. The Morgan fingerprint density at radius 2 is 1.79 bits per heavy atom. The number of hydrogen-bond donors (Lipinski definition) is 1. The van der Waals surface area contributed by atoms with E-state index in [1.165, 1.54) is 24.6 Å². The molecule has 1 N–H and O–H groups in total. The van der Waals surface area contributed by atoms with Crippen LogP contribution < -0.4 is 14.8 Å². The molecule has 3 rings (SSSR count). The van der Waals surface area contributed by atoms with Crippen LogP contribution in [0.3, 0.4) is 0 Å². The van der Waals surface area contributed by atoms with Gasteiger partial charge in [0.25, 0.3) is 5.91 Å². The summed E-state index contributed by atoms with van der Waals surface area (Å²) in [6.07, 6.45) is 0. The van der Waals surface area contributed by atoms with Crippen LogP contribution in [0.2, 0.25) is 0 Å². The van der Waals surface area contributed by atoms with Crippen molar-refractivity contribution >= 4 is 21.6 Å². The lowest BCUT2D eigenvalue weighted by atomic mass is 10.1. The van der Waals surface area contributed by atoms with Crippen molar-refractivity contribution in [1.82, 2.24) is 4.31 Å². The fourth-order valence-electron chi connectivity index (χ4n) is 3.01. The first kappa shape index (κ1) is 21.1. The predicted molar refractivity (Wildman–Crippen MR) is 108 cm³/mol. The average molecular weight is 420 g/mol. The minimum atomic E-state index is -3.67. The Labute approximate surface area is 170 Å². The molecule has 0 atom stereocenters. The third-order valence-corrected chi connectivity index (χ3v) is 6.61. The van der Waals surface area contributed by atoms with Crippen molar-refractivity contribution in [2.75, 3.05) is 45.8 Å². The van der Waals surface area contributed by atoms with Crippen molar-refractivity contribution in [3.8, 4) is 11.5 Å². The predicted octanol–water partition coefficient (Wildman–Crippen LogP) is 2.29. The number of benzene rings is 2. The molecular formula is C20H24N2O6S. The molecule has 1 aliphatic heterocycles. The molecule has 0 saturated carbocycles. The number of anilines is 1. The molecule has 1 saturated heterocycles. The van der Waals surface area contributed by atoms with E-state index in [2.05, 4.69) is 5.32 Å². The summed E-state index contributed by atoms with van der Waals surface area (Å²) in [5.41, 5.74) is 1.43. The number of nitrogens with one attached hydrogen (secondary N) is 1. The van der Waals surface area contributed by atoms with Crippen LogP contribution in [0.5, 0.6) is 11.5 Å². The van der Waals surface area contributed by atoms with Crippen molar-refractivity contribution in [3.05, 3.63) is 47.5 Å². The van der Waals surface area contributed by atoms with Gasteiger partial charge in [0, 0.05) is 18.8 Å². The van der Waals surface area contributed by atoms with Gasteiger partial charge in [-0.15, -0.1) is 0 Å². The normalized spacial score (nSPS) is 15.0. The molecule has 2 aromatic carbocycles. The number of nitrogens with zero attached hydrogens (tertiary/aromatic N) is 1. The molecule has 1 fully saturated rings. The fourth-order valence-corrected chi connectivity index (χ4v) is 4.45. The zero-order chi connectivity index (χ0) is 21.0. The largest absolute Gasteiger partial charge is 0.497 e. The SMILES string of the molecule is COc1ccc(OC)c(C(=O)Nc2cc(S(=O)(=O)N3CCOCC3)ccc2C)c1. The maximum Gasteiger partial charge on any atom is 0.259 e. The summed E-state index contributed by atoms with van der Waals surface area (Å²) in [6, 6.07) is 9.59. The van der Waals surface area contributed by atoms with Crippen molar-refractivity contribution < 1.29 is 27.4 Å². The number of amides is 1. The number of methoxy groups -OCH3 is 2. The third-order valence-electron chi connectivity index (χ3n) is 4.72. The standard InChI is InChI=1S/C20H24N2O6S/c1-14-4-6-16(29(24,25)22-8-10-28-11-9-22)13-18(14)21-20(23)17-12-15(26-2)5-7-19(17)27-3/h4-7,12-13H,8-11H2,1-3H3,(H,21,23).